The molecule has 0 bridgehead atoms. The van der Waals surface area contributed by atoms with Gasteiger partial charge >= 0.3 is 0 Å². The summed E-state index contributed by atoms with van der Waals surface area (Å²) in [5.74, 6) is -1.26. The van der Waals surface area contributed by atoms with Gasteiger partial charge in [0.05, 0.1) is 10.1 Å². The molecule has 2 aromatic rings. The SMILES string of the molecule is O=C(CS(=O)(=O)Cc1ccc(Cl)s1)Nc1ccccc1. The lowest BCUT2D eigenvalue weighted by atomic mass is 10.3. The number of hydrogen-bond donors (Lipinski definition) is 1. The summed E-state index contributed by atoms with van der Waals surface area (Å²) in [4.78, 5) is 12.3. The summed E-state index contributed by atoms with van der Waals surface area (Å²) in [5.41, 5.74) is 0.576. The third kappa shape index (κ3) is 4.63. The molecule has 20 heavy (non-hydrogen) atoms. The van der Waals surface area contributed by atoms with Crippen molar-refractivity contribution in [3.05, 3.63) is 51.7 Å². The molecule has 0 radical (unpaired) electrons. The average molecular weight is 330 g/mol. The van der Waals surface area contributed by atoms with Crippen LogP contribution >= 0.6 is 22.9 Å². The van der Waals surface area contributed by atoms with E-state index >= 15 is 0 Å². The van der Waals surface area contributed by atoms with Crippen LogP contribution in [0.4, 0.5) is 5.69 Å². The van der Waals surface area contributed by atoms with Gasteiger partial charge in [0.25, 0.3) is 0 Å². The summed E-state index contributed by atoms with van der Waals surface area (Å²) in [7, 11) is -3.50. The molecular formula is C13H12ClNO3S2. The molecule has 0 saturated carbocycles. The first-order valence-electron chi connectivity index (χ1n) is 5.74. The van der Waals surface area contributed by atoms with Crippen LogP contribution in [0.5, 0.6) is 0 Å². The highest BCUT2D eigenvalue weighted by molar-refractivity contribution is 7.91. The van der Waals surface area contributed by atoms with Crippen LogP contribution in [0.25, 0.3) is 0 Å². The van der Waals surface area contributed by atoms with Gasteiger partial charge in [-0.3, -0.25) is 4.79 Å². The fourth-order valence-electron chi connectivity index (χ4n) is 1.62. The lowest BCUT2D eigenvalue weighted by molar-refractivity contribution is -0.113. The summed E-state index contributed by atoms with van der Waals surface area (Å²) in [5, 5.41) is 2.55. The molecule has 7 heteroatoms. The molecule has 0 aliphatic carbocycles. The molecule has 0 atom stereocenters. The predicted octanol–water partition coefficient (Wildman–Crippen LogP) is 2.96. The molecule has 0 aliphatic heterocycles. The summed E-state index contributed by atoms with van der Waals surface area (Å²) in [6, 6.07) is 12.0. The van der Waals surface area contributed by atoms with Crippen molar-refractivity contribution in [1.82, 2.24) is 0 Å². The number of carbonyl (C=O) groups is 1. The van der Waals surface area contributed by atoms with E-state index in [2.05, 4.69) is 5.32 Å². The van der Waals surface area contributed by atoms with E-state index in [1.807, 2.05) is 6.07 Å². The van der Waals surface area contributed by atoms with Crippen molar-refractivity contribution in [3.63, 3.8) is 0 Å². The molecule has 106 valence electrons. The molecule has 1 aromatic carbocycles. The maximum Gasteiger partial charge on any atom is 0.239 e. The van der Waals surface area contributed by atoms with E-state index in [1.54, 1.807) is 36.4 Å². The Morgan fingerprint density at radius 2 is 1.85 bits per heavy atom. The first-order chi connectivity index (χ1) is 9.44. The Hall–Kier alpha value is -1.37. The third-order valence-electron chi connectivity index (χ3n) is 2.40. The fourth-order valence-corrected chi connectivity index (χ4v) is 4.38. The van der Waals surface area contributed by atoms with Gasteiger partial charge < -0.3 is 5.32 Å². The summed E-state index contributed by atoms with van der Waals surface area (Å²) in [6.07, 6.45) is 0. The first kappa shape index (κ1) is 15.0. The van der Waals surface area contributed by atoms with Crippen LogP contribution in [-0.2, 0) is 20.4 Å². The second-order valence-corrected chi connectivity index (χ2v) is 8.02. The number of amides is 1. The van der Waals surface area contributed by atoms with Gasteiger partial charge in [-0.25, -0.2) is 8.42 Å². The number of para-hydroxylation sites is 1. The van der Waals surface area contributed by atoms with E-state index in [4.69, 9.17) is 11.6 Å². The molecule has 0 fully saturated rings. The second kappa shape index (κ2) is 6.39. The lowest BCUT2D eigenvalue weighted by Crippen LogP contribution is -2.23. The highest BCUT2D eigenvalue weighted by Gasteiger charge is 2.18. The van der Waals surface area contributed by atoms with E-state index in [-0.39, 0.29) is 5.75 Å². The molecule has 0 unspecified atom stereocenters. The number of sulfone groups is 1. The minimum Gasteiger partial charge on any atom is -0.325 e. The van der Waals surface area contributed by atoms with E-state index in [0.717, 1.165) is 0 Å². The topological polar surface area (TPSA) is 63.2 Å². The predicted molar refractivity (Wildman–Crippen MR) is 81.9 cm³/mol. The van der Waals surface area contributed by atoms with Crippen molar-refractivity contribution in [3.8, 4) is 0 Å². The van der Waals surface area contributed by atoms with Gasteiger partial charge in [0.1, 0.15) is 5.75 Å². The number of nitrogens with one attached hydrogen (secondary N) is 1. The number of rotatable bonds is 5. The molecule has 0 saturated heterocycles. The summed E-state index contributed by atoms with van der Waals surface area (Å²) in [6.45, 7) is 0. The van der Waals surface area contributed by atoms with Gasteiger partial charge in [-0.15, -0.1) is 11.3 Å². The molecule has 2 rings (SSSR count). The highest BCUT2D eigenvalue weighted by Crippen LogP contribution is 2.23. The number of thiophene rings is 1. The zero-order chi connectivity index (χ0) is 14.6. The van der Waals surface area contributed by atoms with E-state index in [0.29, 0.717) is 14.9 Å². The maximum atomic E-state index is 11.9. The normalized spacial score (nSPS) is 11.2. The maximum absolute atomic E-state index is 11.9. The summed E-state index contributed by atoms with van der Waals surface area (Å²) < 4.78 is 24.4. The number of benzene rings is 1. The van der Waals surface area contributed by atoms with Gasteiger partial charge in [-0.05, 0) is 24.3 Å². The van der Waals surface area contributed by atoms with Gasteiger partial charge in [0.15, 0.2) is 9.84 Å². The molecule has 1 aromatic heterocycles. The van der Waals surface area contributed by atoms with Crippen molar-refractivity contribution in [2.24, 2.45) is 0 Å². The first-order valence-corrected chi connectivity index (χ1v) is 8.76. The summed E-state index contributed by atoms with van der Waals surface area (Å²) >= 11 is 6.95. The molecular weight excluding hydrogens is 318 g/mol. The molecule has 0 aliphatic rings. The van der Waals surface area contributed by atoms with Gasteiger partial charge in [-0.1, -0.05) is 29.8 Å². The second-order valence-electron chi connectivity index (χ2n) is 4.15. The Labute approximate surface area is 126 Å². The Morgan fingerprint density at radius 1 is 1.15 bits per heavy atom. The molecule has 4 nitrogen and oxygen atoms in total. The van der Waals surface area contributed by atoms with Crippen molar-refractivity contribution in [1.29, 1.82) is 0 Å². The quantitative estimate of drug-likeness (QED) is 0.917. The standard InChI is InChI=1S/C13H12ClNO3S2/c14-12-7-6-11(19-12)8-20(17,18)9-13(16)15-10-4-2-1-3-5-10/h1-7H,8-9H2,(H,15,16). The number of hydrogen-bond acceptors (Lipinski definition) is 4. The van der Waals surface area contributed by atoms with E-state index in [1.165, 1.54) is 11.3 Å². The molecule has 1 heterocycles. The number of carbonyl (C=O) groups excluding carboxylic acids is 1. The molecule has 1 amide bonds. The number of halogens is 1. The van der Waals surface area contributed by atoms with Crippen LogP contribution < -0.4 is 5.32 Å². The zero-order valence-corrected chi connectivity index (χ0v) is 12.8. The van der Waals surface area contributed by atoms with E-state index in [9.17, 15) is 13.2 Å². The lowest BCUT2D eigenvalue weighted by Gasteiger charge is -2.05. The van der Waals surface area contributed by atoms with Gasteiger partial charge in [0, 0.05) is 10.6 Å². The minimum absolute atomic E-state index is 0.174. The van der Waals surface area contributed by atoms with Crippen molar-refractivity contribution >= 4 is 44.4 Å². The molecule has 0 spiro atoms. The Kier molecular flexibility index (Phi) is 4.80. The van der Waals surface area contributed by atoms with Gasteiger partial charge in [0.2, 0.25) is 5.91 Å². The number of anilines is 1. The molecule has 1 N–H and O–H groups in total. The van der Waals surface area contributed by atoms with Crippen molar-refractivity contribution < 1.29 is 13.2 Å². The van der Waals surface area contributed by atoms with Crippen LogP contribution in [0.3, 0.4) is 0 Å². The van der Waals surface area contributed by atoms with Crippen LogP contribution in [0, 0.1) is 0 Å². The van der Waals surface area contributed by atoms with Crippen LogP contribution in [-0.4, -0.2) is 20.1 Å². The van der Waals surface area contributed by atoms with Crippen LogP contribution in [0.1, 0.15) is 4.88 Å². The van der Waals surface area contributed by atoms with Crippen LogP contribution in [0.15, 0.2) is 42.5 Å². The average Bonchev–Trinajstić information content (AvgIpc) is 2.74. The van der Waals surface area contributed by atoms with Crippen LogP contribution in [0.2, 0.25) is 4.34 Å². The Bertz CT molecular complexity index is 695. The zero-order valence-electron chi connectivity index (χ0n) is 10.4. The Morgan fingerprint density at radius 3 is 2.45 bits per heavy atom. The smallest absolute Gasteiger partial charge is 0.239 e. The largest absolute Gasteiger partial charge is 0.325 e. The highest BCUT2D eigenvalue weighted by atomic mass is 35.5. The monoisotopic (exact) mass is 329 g/mol. The minimum atomic E-state index is -3.50. The fraction of sp³-hybridized carbons (Fsp3) is 0.154. The van der Waals surface area contributed by atoms with Crippen molar-refractivity contribution in [2.45, 2.75) is 5.75 Å². The third-order valence-corrected chi connectivity index (χ3v) is 5.27. The van der Waals surface area contributed by atoms with Crippen molar-refractivity contribution in [2.75, 3.05) is 11.1 Å². The van der Waals surface area contributed by atoms with E-state index < -0.39 is 21.5 Å². The Balaban J connectivity index is 1.96. The van der Waals surface area contributed by atoms with Gasteiger partial charge in [-0.2, -0.15) is 0 Å².